The first-order valence-corrected chi connectivity index (χ1v) is 17.1. The van der Waals surface area contributed by atoms with E-state index in [-0.39, 0.29) is 10.8 Å². The van der Waals surface area contributed by atoms with Crippen LogP contribution in [0.5, 0.6) is 0 Å². The molecule has 40 heavy (non-hydrogen) atoms. The zero-order valence-electron chi connectivity index (χ0n) is 25.8. The van der Waals surface area contributed by atoms with Gasteiger partial charge in [0.15, 0.2) is 12.6 Å². The summed E-state index contributed by atoms with van der Waals surface area (Å²) in [6.07, 6.45) is 10.2. The molecule has 0 aromatic rings. The van der Waals surface area contributed by atoms with E-state index in [0.29, 0.717) is 38.4 Å². The van der Waals surface area contributed by atoms with Gasteiger partial charge in [0.25, 0.3) is 0 Å². The van der Waals surface area contributed by atoms with E-state index in [9.17, 15) is 18.3 Å². The molecular weight excluding hydrogens is 537 g/mol. The van der Waals surface area contributed by atoms with E-state index in [4.69, 9.17) is 18.6 Å². The smallest absolute Gasteiger partial charge is 0.429 e. The van der Waals surface area contributed by atoms with Gasteiger partial charge in [0.2, 0.25) is 13.9 Å². The van der Waals surface area contributed by atoms with Crippen LogP contribution in [0.4, 0.5) is 13.2 Å². The molecule has 0 saturated heterocycles. The van der Waals surface area contributed by atoms with Crippen molar-refractivity contribution in [3.05, 3.63) is 41.6 Å². The Hall–Kier alpha value is -2.11. The van der Waals surface area contributed by atoms with E-state index in [0.717, 1.165) is 32.1 Å². The first kappa shape index (κ1) is 37.9. The van der Waals surface area contributed by atoms with Crippen molar-refractivity contribution < 1.29 is 36.9 Å². The van der Waals surface area contributed by atoms with Gasteiger partial charge < -0.3 is 23.7 Å². The van der Waals surface area contributed by atoms with Crippen LogP contribution in [0.1, 0.15) is 92.4 Å². The van der Waals surface area contributed by atoms with Crippen LogP contribution in [0, 0.1) is 12.0 Å². The monoisotopic (exact) mass is 588 g/mol. The molecular formula is C31H51F3O5Si. The maximum absolute atomic E-state index is 14.5. The highest BCUT2D eigenvalue weighted by Gasteiger charge is 2.57. The first-order chi connectivity index (χ1) is 18.7. The highest BCUT2D eigenvalue weighted by molar-refractivity contribution is 6.74. The Labute approximate surface area is 241 Å². The van der Waals surface area contributed by atoms with Crippen molar-refractivity contribution >= 4 is 8.32 Å². The third-order valence-electron chi connectivity index (χ3n) is 6.56. The second kappa shape index (κ2) is 19.1. The van der Waals surface area contributed by atoms with Crippen LogP contribution in [0.25, 0.3) is 0 Å². The molecule has 1 N–H and O–H groups in total. The van der Waals surface area contributed by atoms with Gasteiger partial charge in [-0.05, 0) is 69.3 Å². The molecule has 0 radical (unpaired) electrons. The van der Waals surface area contributed by atoms with E-state index >= 15 is 0 Å². The number of allylic oxidation sites excluding steroid dienone is 2. The van der Waals surface area contributed by atoms with Crippen molar-refractivity contribution in [3.63, 3.8) is 0 Å². The lowest BCUT2D eigenvalue weighted by atomic mass is 9.99. The van der Waals surface area contributed by atoms with Crippen molar-refractivity contribution in [1.29, 1.82) is 0 Å². The Balaban J connectivity index is 6.36. The summed E-state index contributed by atoms with van der Waals surface area (Å²) in [6.45, 7) is 13.9. The molecule has 0 aliphatic carbocycles. The Morgan fingerprint density at radius 3 is 2.23 bits per heavy atom. The molecule has 0 bridgehead atoms. The fourth-order valence-corrected chi connectivity index (χ4v) is 4.13. The summed E-state index contributed by atoms with van der Waals surface area (Å²) in [5.74, 6) is 2.03. The molecule has 9 heteroatoms. The number of rotatable bonds is 18. The average molecular weight is 589 g/mol. The highest BCUT2D eigenvalue weighted by atomic mass is 28.4. The molecule has 1 atom stereocenters. The first-order valence-electron chi connectivity index (χ1n) is 14.2. The van der Waals surface area contributed by atoms with Crippen molar-refractivity contribution in [1.82, 2.24) is 0 Å². The van der Waals surface area contributed by atoms with Crippen LogP contribution in [-0.4, -0.2) is 45.7 Å². The summed E-state index contributed by atoms with van der Waals surface area (Å²) in [6, 6.07) is 0. The van der Waals surface area contributed by atoms with Gasteiger partial charge in [0.1, 0.15) is 11.9 Å². The fourth-order valence-electron chi connectivity index (χ4n) is 3.11. The molecule has 0 saturated carbocycles. The molecule has 0 amide bonds. The molecule has 0 aliphatic rings. The summed E-state index contributed by atoms with van der Waals surface area (Å²) in [7, 11) is -1.25. The third-order valence-corrected chi connectivity index (χ3v) is 10.9. The maximum Gasteiger partial charge on any atom is 0.429 e. The lowest BCUT2D eigenvalue weighted by molar-refractivity contribution is -0.240. The lowest BCUT2D eigenvalue weighted by Gasteiger charge is -2.37. The number of halogens is 3. The molecule has 0 spiro atoms. The zero-order valence-corrected chi connectivity index (χ0v) is 26.8. The minimum Gasteiger partial charge on any atom is -0.544 e. The van der Waals surface area contributed by atoms with Gasteiger partial charge in [-0.15, -0.1) is 0 Å². The van der Waals surface area contributed by atoms with E-state index in [2.05, 4.69) is 24.7 Å². The fraction of sp³-hybridized carbons (Fsp3) is 0.710. The molecule has 0 aliphatic heterocycles. The number of aliphatic hydroxyl groups is 1. The number of methoxy groups -OCH3 is 1. The molecule has 0 aromatic heterocycles. The largest absolute Gasteiger partial charge is 0.544 e. The van der Waals surface area contributed by atoms with Gasteiger partial charge in [-0.3, -0.25) is 0 Å². The number of unbranched alkanes of at least 4 members (excludes halogenated alkanes) is 7. The molecule has 0 fully saturated rings. The van der Waals surface area contributed by atoms with E-state index in [1.54, 1.807) is 6.08 Å². The normalized spacial score (nSPS) is 14.2. The van der Waals surface area contributed by atoms with Crippen molar-refractivity contribution in [2.45, 2.75) is 122 Å². The predicted molar refractivity (Wildman–Crippen MR) is 158 cm³/mol. The maximum atomic E-state index is 14.5. The number of hydrogen-bond acceptors (Lipinski definition) is 5. The van der Waals surface area contributed by atoms with Crippen LogP contribution in [0.2, 0.25) is 18.1 Å². The Kier molecular flexibility index (Phi) is 18.1. The summed E-state index contributed by atoms with van der Waals surface area (Å²) < 4.78 is 64.9. The summed E-state index contributed by atoms with van der Waals surface area (Å²) >= 11 is 0. The van der Waals surface area contributed by atoms with Gasteiger partial charge >= 0.3 is 6.18 Å². The van der Waals surface area contributed by atoms with Crippen LogP contribution in [0.3, 0.4) is 0 Å². The van der Waals surface area contributed by atoms with Crippen LogP contribution in [0.15, 0.2) is 41.6 Å². The van der Waals surface area contributed by atoms with E-state index < -0.39 is 32.6 Å². The highest BCUT2D eigenvalue weighted by Crippen LogP contribution is 2.42. The minimum absolute atomic E-state index is 0.0462. The Morgan fingerprint density at radius 1 is 0.975 bits per heavy atom. The summed E-state index contributed by atoms with van der Waals surface area (Å²) in [5, 5.41) is 10.9. The van der Waals surface area contributed by atoms with Gasteiger partial charge in [0.05, 0.1) is 6.61 Å². The van der Waals surface area contributed by atoms with Gasteiger partial charge in [-0.2, -0.15) is 13.2 Å². The van der Waals surface area contributed by atoms with E-state index in [1.165, 1.54) is 19.3 Å². The molecule has 1 unspecified atom stereocenters. The van der Waals surface area contributed by atoms with Crippen molar-refractivity contribution in [3.8, 4) is 12.0 Å². The number of ether oxygens (including phenoxy) is 3. The molecule has 0 heterocycles. The predicted octanol–water partition coefficient (Wildman–Crippen LogP) is 8.93. The number of alkyl halides is 3. The van der Waals surface area contributed by atoms with Crippen LogP contribution in [-0.2, 0) is 18.6 Å². The van der Waals surface area contributed by atoms with Gasteiger partial charge in [0, 0.05) is 19.6 Å². The second-order valence-electron chi connectivity index (χ2n) is 11.1. The van der Waals surface area contributed by atoms with Crippen molar-refractivity contribution in [2.24, 2.45) is 0 Å². The summed E-state index contributed by atoms with van der Waals surface area (Å²) in [4.78, 5) is 0. The Bertz CT molecular complexity index is 901. The SMILES string of the molecule is CCCCCC/C=C/C(=C\C(O)(C(=C=CCCCCC#COCC)OCOC)C(F)(F)F)O[Si](C)(C)C(C)(C)C. The van der Waals surface area contributed by atoms with Gasteiger partial charge in [-0.25, -0.2) is 0 Å². The molecule has 5 nitrogen and oxygen atoms in total. The van der Waals surface area contributed by atoms with Crippen LogP contribution < -0.4 is 0 Å². The standard InChI is InChI=1S/C31H51F3O5Si/c1-9-11-12-13-16-19-22-27(39-40(7,8)29(3,4)5)25-30(35,31(32,33)34)28(38-26-36-6)23-20-17-14-15-18-21-24-37-10-2/h19-20,22,25,35H,9-18,26H2,1-8H3/b22-19+,27-25+. The topological polar surface area (TPSA) is 57.2 Å². The molecule has 230 valence electrons. The zero-order chi connectivity index (χ0) is 30.7. The second-order valence-corrected chi connectivity index (χ2v) is 15.8. The molecule has 0 aromatic carbocycles. The Morgan fingerprint density at radius 2 is 1.65 bits per heavy atom. The summed E-state index contributed by atoms with van der Waals surface area (Å²) in [5.41, 5.74) is -0.929. The van der Waals surface area contributed by atoms with Gasteiger partial charge in [-0.1, -0.05) is 64.7 Å². The van der Waals surface area contributed by atoms with E-state index in [1.807, 2.05) is 40.8 Å². The third kappa shape index (κ3) is 14.5. The van der Waals surface area contributed by atoms with Crippen LogP contribution >= 0.6 is 0 Å². The minimum atomic E-state index is -5.11. The van der Waals surface area contributed by atoms with Crippen molar-refractivity contribution in [2.75, 3.05) is 20.5 Å². The molecule has 0 rings (SSSR count). The average Bonchev–Trinajstić information content (AvgIpc) is 2.85. The number of hydrogen-bond donors (Lipinski definition) is 1. The lowest BCUT2D eigenvalue weighted by Crippen LogP contribution is -2.47. The quantitative estimate of drug-likeness (QED) is 0.0329.